The van der Waals surface area contributed by atoms with E-state index < -0.39 is 82.4 Å². The second-order valence-electron chi connectivity index (χ2n) is 7.96. The lowest BCUT2D eigenvalue weighted by Crippen LogP contribution is -2.77. The summed E-state index contributed by atoms with van der Waals surface area (Å²) in [6.07, 6.45) is -15.3. The Hall–Kier alpha value is -2.85. The molecule has 24 heteroatoms. The summed E-state index contributed by atoms with van der Waals surface area (Å²) in [4.78, 5) is 0. The average Bonchev–Trinajstić information content (AvgIpc) is 2.75. The van der Waals surface area contributed by atoms with Crippen LogP contribution in [0.5, 0.6) is 5.75 Å². The van der Waals surface area contributed by atoms with E-state index in [0.29, 0.717) is 13.0 Å². The number of benzene rings is 1. The average molecular weight is 656 g/mol. The topological polar surface area (TPSA) is 61.3 Å². The number of alkyl halides is 21. The zero-order valence-electron chi connectivity index (χ0n) is 18.7. The van der Waals surface area contributed by atoms with Gasteiger partial charge in [0, 0.05) is 6.07 Å². The number of rotatable bonds is 10. The lowest BCUT2D eigenvalue weighted by molar-refractivity contribution is -0.480. The molecule has 0 aromatic heterocycles. The summed E-state index contributed by atoms with van der Waals surface area (Å²) in [7, 11) is 0. The van der Waals surface area contributed by atoms with Crippen molar-refractivity contribution in [3.8, 4) is 5.75 Å². The number of anilines is 2. The maximum atomic E-state index is 13.9. The van der Waals surface area contributed by atoms with E-state index in [-0.39, 0.29) is 6.07 Å². The first-order valence-electron chi connectivity index (χ1n) is 9.36. The summed E-state index contributed by atoms with van der Waals surface area (Å²) in [5.41, 5.74) is 7.96. The molecule has 0 aliphatic rings. The summed E-state index contributed by atoms with van der Waals surface area (Å²) in [5.74, 6) is -72.8. The Balaban J connectivity index is 3.77. The molecule has 0 aliphatic heterocycles. The Morgan fingerprint density at radius 3 is 1.02 bits per heavy atom. The summed E-state index contributed by atoms with van der Waals surface area (Å²) in [5, 5.41) is 0. The van der Waals surface area contributed by atoms with E-state index in [0.717, 1.165) is 0 Å². The zero-order chi connectivity index (χ0) is 33.4. The van der Waals surface area contributed by atoms with Gasteiger partial charge in [-0.25, -0.2) is 0 Å². The Labute approximate surface area is 211 Å². The van der Waals surface area contributed by atoms with E-state index >= 15 is 0 Å². The fourth-order valence-corrected chi connectivity index (χ4v) is 2.58. The number of hydrogen-bond donors (Lipinski definition) is 2. The van der Waals surface area contributed by atoms with Crippen molar-refractivity contribution in [2.45, 2.75) is 66.6 Å². The van der Waals surface area contributed by atoms with Crippen LogP contribution in [0.2, 0.25) is 0 Å². The lowest BCUT2D eigenvalue weighted by Gasteiger charge is -2.44. The molecule has 0 radical (unpaired) electrons. The summed E-state index contributed by atoms with van der Waals surface area (Å²) >= 11 is 0. The van der Waals surface area contributed by atoms with Crippen LogP contribution in [0.25, 0.3) is 0 Å². The fourth-order valence-electron chi connectivity index (χ4n) is 2.58. The minimum atomic E-state index is -9.24. The van der Waals surface area contributed by atoms with Gasteiger partial charge in [0.1, 0.15) is 5.75 Å². The molecule has 1 aromatic rings. The number of nitrogen functional groups attached to an aromatic ring is 2. The molecular formula is C17H9F21N2O. The number of hydrogen-bond acceptors (Lipinski definition) is 3. The van der Waals surface area contributed by atoms with E-state index in [4.69, 9.17) is 11.5 Å². The highest BCUT2D eigenvalue weighted by molar-refractivity contribution is 5.67. The van der Waals surface area contributed by atoms with Crippen LogP contribution in [-0.2, 0) is 0 Å². The number of halogens is 21. The molecule has 0 aliphatic carbocycles. The van der Waals surface area contributed by atoms with Gasteiger partial charge >= 0.3 is 59.7 Å². The van der Waals surface area contributed by atoms with Crippen LogP contribution in [0, 0.1) is 6.92 Å². The Kier molecular flexibility index (Phi) is 8.23. The first-order chi connectivity index (χ1) is 17.5. The summed E-state index contributed by atoms with van der Waals surface area (Å²) in [6.45, 7) is 0.611. The molecule has 0 unspecified atom stereocenters. The van der Waals surface area contributed by atoms with Gasteiger partial charge in [0.2, 0.25) is 0 Å². The van der Waals surface area contributed by atoms with Crippen LogP contribution in [0.15, 0.2) is 12.1 Å². The highest BCUT2D eigenvalue weighted by atomic mass is 19.4. The number of aryl methyl sites for hydroxylation is 1. The van der Waals surface area contributed by atoms with Gasteiger partial charge in [-0.2, -0.15) is 92.2 Å². The molecule has 0 amide bonds. The highest BCUT2D eigenvalue weighted by Gasteiger charge is 2.98. The molecule has 0 saturated carbocycles. The second-order valence-corrected chi connectivity index (χ2v) is 7.96. The molecular weight excluding hydrogens is 647 g/mol. The van der Waals surface area contributed by atoms with Crippen molar-refractivity contribution in [1.29, 1.82) is 0 Å². The van der Waals surface area contributed by atoms with Crippen LogP contribution < -0.4 is 16.2 Å². The maximum absolute atomic E-state index is 13.9. The Morgan fingerprint density at radius 2 is 0.707 bits per heavy atom. The molecule has 0 saturated heterocycles. The minimum absolute atomic E-state index is 0.0250. The quantitative estimate of drug-likeness (QED) is 0.200. The van der Waals surface area contributed by atoms with Gasteiger partial charge in [-0.05, 0) is 18.6 Å². The predicted molar refractivity (Wildman–Crippen MR) is 91.2 cm³/mol. The largest absolute Gasteiger partial charge is 0.471 e. The third kappa shape index (κ3) is 4.67. The molecule has 4 N–H and O–H groups in total. The van der Waals surface area contributed by atoms with Crippen molar-refractivity contribution in [3.63, 3.8) is 0 Å². The van der Waals surface area contributed by atoms with Gasteiger partial charge < -0.3 is 16.2 Å². The van der Waals surface area contributed by atoms with Crippen molar-refractivity contribution in [1.82, 2.24) is 0 Å². The molecule has 0 heterocycles. The SMILES string of the molecule is Cc1cc(N)c(N)cc1OC(F)(F)C(F)(F)C(F)(F)C(F)(F)C(F)(F)C(F)(F)C(F)(F)C(F)(F)C(F)(F)C(F)(F)F. The second kappa shape index (κ2) is 9.33. The minimum Gasteiger partial charge on any atom is -0.428 e. The molecule has 0 fully saturated rings. The molecule has 0 spiro atoms. The van der Waals surface area contributed by atoms with Crippen molar-refractivity contribution >= 4 is 11.4 Å². The third-order valence-electron chi connectivity index (χ3n) is 5.10. The van der Waals surface area contributed by atoms with Crippen LogP contribution in [0.4, 0.5) is 104 Å². The van der Waals surface area contributed by atoms with E-state index in [1.54, 1.807) is 0 Å². The van der Waals surface area contributed by atoms with E-state index in [9.17, 15) is 92.2 Å². The van der Waals surface area contributed by atoms with Crippen LogP contribution in [-0.4, -0.2) is 59.7 Å². The normalized spacial score (nSPS) is 15.8. The molecule has 240 valence electrons. The van der Waals surface area contributed by atoms with Crippen molar-refractivity contribution < 1.29 is 96.9 Å². The lowest BCUT2D eigenvalue weighted by atomic mass is 9.87. The molecule has 3 nitrogen and oxygen atoms in total. The smallest absolute Gasteiger partial charge is 0.428 e. The van der Waals surface area contributed by atoms with Crippen molar-refractivity contribution in [3.05, 3.63) is 17.7 Å². The highest BCUT2D eigenvalue weighted by Crippen LogP contribution is 2.66. The third-order valence-corrected chi connectivity index (χ3v) is 5.10. The van der Waals surface area contributed by atoms with Gasteiger partial charge in [0.05, 0.1) is 11.4 Å². The van der Waals surface area contributed by atoms with Crippen molar-refractivity contribution in [2.75, 3.05) is 11.5 Å². The molecule has 0 atom stereocenters. The molecule has 1 rings (SSSR count). The zero-order valence-corrected chi connectivity index (χ0v) is 18.7. The van der Waals surface area contributed by atoms with Gasteiger partial charge in [-0.1, -0.05) is 0 Å². The van der Waals surface area contributed by atoms with Crippen LogP contribution >= 0.6 is 0 Å². The Morgan fingerprint density at radius 1 is 0.439 bits per heavy atom. The summed E-state index contributed by atoms with van der Waals surface area (Å²) in [6, 6.07) is 0.510. The van der Waals surface area contributed by atoms with Gasteiger partial charge in [-0.15, -0.1) is 0 Å². The molecule has 0 bridgehead atoms. The van der Waals surface area contributed by atoms with Gasteiger partial charge in [0.15, 0.2) is 0 Å². The maximum Gasteiger partial charge on any atom is 0.471 e. The van der Waals surface area contributed by atoms with E-state index in [1.807, 2.05) is 0 Å². The standard InChI is InChI=1S/C17H9F21N2O/c1-4-2-5(39)6(40)3-7(4)41-17(37,38)15(32,33)13(28,29)11(24,25)9(20,21)8(18,19)10(22,23)12(26,27)14(30,31)16(34,35)36/h2-3H,39-40H2,1H3. The van der Waals surface area contributed by atoms with Crippen LogP contribution in [0.1, 0.15) is 5.56 Å². The fraction of sp³-hybridized carbons (Fsp3) is 0.647. The Bertz CT molecular complexity index is 1140. The van der Waals surface area contributed by atoms with Gasteiger partial charge in [0.25, 0.3) is 0 Å². The summed E-state index contributed by atoms with van der Waals surface area (Å²) < 4.78 is 284. The van der Waals surface area contributed by atoms with Crippen LogP contribution in [0.3, 0.4) is 0 Å². The van der Waals surface area contributed by atoms with Crippen molar-refractivity contribution in [2.24, 2.45) is 0 Å². The first kappa shape index (κ1) is 36.2. The molecule has 41 heavy (non-hydrogen) atoms. The van der Waals surface area contributed by atoms with Gasteiger partial charge in [-0.3, -0.25) is 0 Å². The van der Waals surface area contributed by atoms with E-state index in [1.165, 1.54) is 0 Å². The van der Waals surface area contributed by atoms with E-state index in [2.05, 4.69) is 4.74 Å². The first-order valence-corrected chi connectivity index (χ1v) is 9.36. The predicted octanol–water partition coefficient (Wildman–Crippen LogP) is 7.78. The molecule has 1 aromatic carbocycles. The number of nitrogens with two attached hydrogens (primary N) is 2. The monoisotopic (exact) mass is 656 g/mol. The number of ether oxygens (including phenoxy) is 1.